The van der Waals surface area contributed by atoms with Crippen molar-refractivity contribution in [1.82, 2.24) is 0 Å². The van der Waals surface area contributed by atoms with Crippen molar-refractivity contribution in [3.05, 3.63) is 59.7 Å². The van der Waals surface area contributed by atoms with Gasteiger partial charge in [0.05, 0.1) is 11.3 Å². The minimum Gasteiger partial charge on any atom is -0.486 e. The standard InChI is InChI=1S/C21H18F3NO5/c1-13(20(27)25-16-5-3-2-4-15(16)21(22,23)24)30-19(26)9-7-14-6-8-17-18(12-14)29-11-10-28-17/h2-9,12-13H,10-11H2,1H3,(H,25,27). The first-order chi connectivity index (χ1) is 14.2. The van der Waals surface area contributed by atoms with E-state index < -0.39 is 35.4 Å². The molecule has 0 saturated heterocycles. The highest BCUT2D eigenvalue weighted by Crippen LogP contribution is 2.34. The predicted molar refractivity (Wildman–Crippen MR) is 102 cm³/mol. The van der Waals surface area contributed by atoms with Gasteiger partial charge in [0.2, 0.25) is 0 Å². The fraction of sp³-hybridized carbons (Fsp3) is 0.238. The maximum Gasteiger partial charge on any atom is 0.418 e. The Morgan fingerprint density at radius 3 is 2.53 bits per heavy atom. The van der Waals surface area contributed by atoms with E-state index in [1.54, 1.807) is 18.2 Å². The Hall–Kier alpha value is -3.49. The summed E-state index contributed by atoms with van der Waals surface area (Å²) in [7, 11) is 0. The molecular weight excluding hydrogens is 403 g/mol. The second-order valence-corrected chi connectivity index (χ2v) is 6.35. The zero-order valence-corrected chi connectivity index (χ0v) is 15.9. The summed E-state index contributed by atoms with van der Waals surface area (Å²) in [5.41, 5.74) is -0.757. The van der Waals surface area contributed by atoms with Crippen molar-refractivity contribution in [3.8, 4) is 11.5 Å². The molecular formula is C21H18F3NO5. The number of carbonyl (C=O) groups excluding carboxylic acids is 2. The minimum atomic E-state index is -4.63. The summed E-state index contributed by atoms with van der Waals surface area (Å²) in [5, 5.41) is 2.14. The van der Waals surface area contributed by atoms with Gasteiger partial charge in [0, 0.05) is 6.08 Å². The summed E-state index contributed by atoms with van der Waals surface area (Å²) in [6.45, 7) is 2.15. The fourth-order valence-corrected chi connectivity index (χ4v) is 2.67. The van der Waals surface area contributed by atoms with Gasteiger partial charge in [-0.05, 0) is 42.8 Å². The number of hydrogen-bond acceptors (Lipinski definition) is 5. The van der Waals surface area contributed by atoms with Gasteiger partial charge in [0.25, 0.3) is 5.91 Å². The second kappa shape index (κ2) is 8.89. The van der Waals surface area contributed by atoms with Gasteiger partial charge in [0.15, 0.2) is 17.6 Å². The van der Waals surface area contributed by atoms with Gasteiger partial charge in [-0.15, -0.1) is 0 Å². The topological polar surface area (TPSA) is 73.9 Å². The van der Waals surface area contributed by atoms with E-state index in [2.05, 4.69) is 5.32 Å². The molecule has 1 aliphatic heterocycles. The zero-order chi connectivity index (χ0) is 21.7. The van der Waals surface area contributed by atoms with E-state index in [1.165, 1.54) is 25.1 Å². The number of amides is 1. The number of anilines is 1. The molecule has 2 aromatic carbocycles. The van der Waals surface area contributed by atoms with E-state index in [4.69, 9.17) is 14.2 Å². The van der Waals surface area contributed by atoms with Crippen LogP contribution >= 0.6 is 0 Å². The van der Waals surface area contributed by atoms with E-state index in [1.807, 2.05) is 0 Å². The Labute approximate surface area is 170 Å². The SMILES string of the molecule is CC(OC(=O)C=Cc1ccc2c(c1)OCCO2)C(=O)Nc1ccccc1C(F)(F)F. The summed E-state index contributed by atoms with van der Waals surface area (Å²) in [6.07, 6.45) is -3.36. The number of hydrogen-bond donors (Lipinski definition) is 1. The number of para-hydroxylation sites is 1. The quantitative estimate of drug-likeness (QED) is 0.582. The van der Waals surface area contributed by atoms with Gasteiger partial charge in [0.1, 0.15) is 13.2 Å². The van der Waals surface area contributed by atoms with Crippen molar-refractivity contribution in [2.75, 3.05) is 18.5 Å². The van der Waals surface area contributed by atoms with Gasteiger partial charge in [-0.3, -0.25) is 4.79 Å². The number of esters is 1. The molecule has 3 rings (SSSR count). The van der Waals surface area contributed by atoms with Crippen LogP contribution in [0.4, 0.5) is 18.9 Å². The first-order valence-electron chi connectivity index (χ1n) is 8.99. The van der Waals surface area contributed by atoms with Crippen molar-refractivity contribution in [1.29, 1.82) is 0 Å². The molecule has 0 spiro atoms. The third kappa shape index (κ3) is 5.31. The number of nitrogens with one attached hydrogen (secondary N) is 1. The van der Waals surface area contributed by atoms with Crippen LogP contribution in [0.3, 0.4) is 0 Å². The molecule has 158 valence electrons. The van der Waals surface area contributed by atoms with Crippen molar-refractivity contribution in [2.24, 2.45) is 0 Å². The van der Waals surface area contributed by atoms with Gasteiger partial charge in [-0.2, -0.15) is 13.2 Å². The molecule has 0 aliphatic carbocycles. The predicted octanol–water partition coefficient (Wildman–Crippen LogP) is 4.06. The molecule has 0 bridgehead atoms. The smallest absolute Gasteiger partial charge is 0.418 e. The first kappa shape index (κ1) is 21.2. The number of fused-ring (bicyclic) bond motifs is 1. The highest BCUT2D eigenvalue weighted by Gasteiger charge is 2.34. The van der Waals surface area contributed by atoms with Crippen LogP contribution in [0.15, 0.2) is 48.5 Å². The molecule has 1 aliphatic rings. The molecule has 0 radical (unpaired) electrons. The monoisotopic (exact) mass is 421 g/mol. The van der Waals surface area contributed by atoms with E-state index in [0.717, 1.165) is 18.2 Å². The Balaban J connectivity index is 1.59. The average Bonchev–Trinajstić information content (AvgIpc) is 2.71. The molecule has 0 fully saturated rings. The van der Waals surface area contributed by atoms with Crippen LogP contribution in [0.5, 0.6) is 11.5 Å². The minimum absolute atomic E-state index is 0.412. The number of halogens is 3. The third-order valence-electron chi connectivity index (χ3n) is 4.13. The van der Waals surface area contributed by atoms with Crippen molar-refractivity contribution in [2.45, 2.75) is 19.2 Å². The summed E-state index contributed by atoms with van der Waals surface area (Å²) < 4.78 is 54.9. The van der Waals surface area contributed by atoms with E-state index >= 15 is 0 Å². The zero-order valence-electron chi connectivity index (χ0n) is 15.9. The highest BCUT2D eigenvalue weighted by molar-refractivity contribution is 5.97. The lowest BCUT2D eigenvalue weighted by molar-refractivity contribution is -0.148. The van der Waals surface area contributed by atoms with Gasteiger partial charge < -0.3 is 19.5 Å². The largest absolute Gasteiger partial charge is 0.486 e. The first-order valence-corrected chi connectivity index (χ1v) is 8.99. The Bertz CT molecular complexity index is 971. The molecule has 1 unspecified atom stereocenters. The van der Waals surface area contributed by atoms with Crippen molar-refractivity contribution < 1.29 is 37.0 Å². The highest BCUT2D eigenvalue weighted by atomic mass is 19.4. The van der Waals surface area contributed by atoms with Gasteiger partial charge in [-0.1, -0.05) is 18.2 Å². The summed E-state index contributed by atoms with van der Waals surface area (Å²) >= 11 is 0. The second-order valence-electron chi connectivity index (χ2n) is 6.35. The summed E-state index contributed by atoms with van der Waals surface area (Å²) in [4.78, 5) is 24.1. The molecule has 2 aromatic rings. The number of ether oxygens (including phenoxy) is 3. The van der Waals surface area contributed by atoms with Gasteiger partial charge >= 0.3 is 12.1 Å². The molecule has 1 heterocycles. The Kier molecular flexibility index (Phi) is 6.29. The Morgan fingerprint density at radius 2 is 1.80 bits per heavy atom. The van der Waals surface area contributed by atoms with Gasteiger partial charge in [-0.25, -0.2) is 4.79 Å². The van der Waals surface area contributed by atoms with Crippen molar-refractivity contribution >= 4 is 23.6 Å². The maximum absolute atomic E-state index is 13.0. The third-order valence-corrected chi connectivity index (χ3v) is 4.13. The molecule has 9 heteroatoms. The molecule has 0 aromatic heterocycles. The fourth-order valence-electron chi connectivity index (χ4n) is 2.67. The number of benzene rings is 2. The van der Waals surface area contributed by atoms with Crippen LogP contribution in [0.25, 0.3) is 6.08 Å². The van der Waals surface area contributed by atoms with Crippen LogP contribution in [0.2, 0.25) is 0 Å². The van der Waals surface area contributed by atoms with E-state index in [-0.39, 0.29) is 0 Å². The molecule has 30 heavy (non-hydrogen) atoms. The molecule has 1 amide bonds. The van der Waals surface area contributed by atoms with Crippen LogP contribution in [-0.4, -0.2) is 31.2 Å². The summed E-state index contributed by atoms with van der Waals surface area (Å²) in [5.74, 6) is -0.553. The van der Waals surface area contributed by atoms with Crippen LogP contribution in [0, 0.1) is 0 Å². The molecule has 1 N–H and O–H groups in total. The lowest BCUT2D eigenvalue weighted by Gasteiger charge is -2.18. The number of alkyl halides is 3. The average molecular weight is 421 g/mol. The molecule has 1 atom stereocenters. The maximum atomic E-state index is 13.0. The summed E-state index contributed by atoms with van der Waals surface area (Å²) in [6, 6.07) is 9.64. The van der Waals surface area contributed by atoms with Crippen LogP contribution in [-0.2, 0) is 20.5 Å². The Morgan fingerprint density at radius 1 is 1.10 bits per heavy atom. The van der Waals surface area contributed by atoms with Crippen LogP contribution in [0.1, 0.15) is 18.1 Å². The molecule has 0 saturated carbocycles. The lowest BCUT2D eigenvalue weighted by Crippen LogP contribution is -2.30. The van der Waals surface area contributed by atoms with E-state index in [0.29, 0.717) is 30.3 Å². The number of carbonyl (C=O) groups is 2. The van der Waals surface area contributed by atoms with Crippen molar-refractivity contribution in [3.63, 3.8) is 0 Å². The lowest BCUT2D eigenvalue weighted by atomic mass is 10.1. The van der Waals surface area contributed by atoms with Crippen LogP contribution < -0.4 is 14.8 Å². The van der Waals surface area contributed by atoms with E-state index in [9.17, 15) is 22.8 Å². The number of rotatable bonds is 5. The normalized spacial score (nSPS) is 14.3. The molecule has 6 nitrogen and oxygen atoms in total.